The number of likely N-dealkylation sites (tertiary alicyclic amines) is 2. The number of nitrogens with zero attached hydrogens (tertiary/aromatic N) is 5. The van der Waals surface area contributed by atoms with E-state index in [1.807, 2.05) is 6.33 Å². The standard InChI is InChI=1S/C22H31N5/c1-25-17-23-24-21(25)20-15-27(14-18-5-3-2-4-6-18)16-22(20)9-11-26(12-10-22)13-19-7-8-19/h2-6,17,19-20H,7-16H2,1H3. The molecule has 0 radical (unpaired) electrons. The van der Waals surface area contributed by atoms with Crippen LogP contribution in [-0.2, 0) is 13.6 Å². The van der Waals surface area contributed by atoms with Crippen LogP contribution in [0.3, 0.4) is 0 Å². The topological polar surface area (TPSA) is 37.2 Å². The van der Waals surface area contributed by atoms with Crippen LogP contribution >= 0.6 is 0 Å². The Morgan fingerprint density at radius 2 is 1.85 bits per heavy atom. The Labute approximate surface area is 162 Å². The second-order valence-electron chi connectivity index (χ2n) is 9.11. The highest BCUT2D eigenvalue weighted by atomic mass is 15.3. The van der Waals surface area contributed by atoms with Gasteiger partial charge in [-0.05, 0) is 55.7 Å². The van der Waals surface area contributed by atoms with E-state index in [1.54, 1.807) is 0 Å². The third-order valence-electron chi connectivity index (χ3n) is 7.09. The molecule has 1 atom stereocenters. The molecule has 27 heavy (non-hydrogen) atoms. The van der Waals surface area contributed by atoms with Gasteiger partial charge in [-0.25, -0.2) is 0 Å². The van der Waals surface area contributed by atoms with E-state index in [0.29, 0.717) is 11.3 Å². The zero-order valence-electron chi connectivity index (χ0n) is 16.4. The van der Waals surface area contributed by atoms with Crippen LogP contribution < -0.4 is 0 Å². The molecule has 0 N–H and O–H groups in total. The van der Waals surface area contributed by atoms with Crippen LogP contribution in [-0.4, -0.2) is 57.3 Å². The van der Waals surface area contributed by atoms with Gasteiger partial charge >= 0.3 is 0 Å². The Morgan fingerprint density at radius 3 is 2.52 bits per heavy atom. The molecule has 3 aliphatic rings. The van der Waals surface area contributed by atoms with Gasteiger partial charge in [0.1, 0.15) is 12.2 Å². The van der Waals surface area contributed by atoms with Crippen molar-refractivity contribution in [3.05, 3.63) is 48.0 Å². The van der Waals surface area contributed by atoms with E-state index in [9.17, 15) is 0 Å². The van der Waals surface area contributed by atoms with Crippen molar-refractivity contribution in [2.75, 3.05) is 32.7 Å². The number of hydrogen-bond acceptors (Lipinski definition) is 4. The van der Waals surface area contributed by atoms with Crippen LogP contribution in [0.25, 0.3) is 0 Å². The first-order valence-corrected chi connectivity index (χ1v) is 10.5. The predicted molar refractivity (Wildman–Crippen MR) is 106 cm³/mol. The van der Waals surface area contributed by atoms with E-state index < -0.39 is 0 Å². The SMILES string of the molecule is Cn1cnnc1C1CN(Cc2ccccc2)CC12CCN(CC1CC1)CC2. The van der Waals surface area contributed by atoms with Gasteiger partial charge < -0.3 is 9.47 Å². The Hall–Kier alpha value is -1.72. The molecule has 0 bridgehead atoms. The largest absolute Gasteiger partial charge is 0.320 e. The Balaban J connectivity index is 1.35. The van der Waals surface area contributed by atoms with Crippen molar-refractivity contribution in [1.82, 2.24) is 24.6 Å². The van der Waals surface area contributed by atoms with Crippen molar-refractivity contribution in [2.24, 2.45) is 18.4 Å². The lowest BCUT2D eigenvalue weighted by Gasteiger charge is -2.42. The van der Waals surface area contributed by atoms with Crippen molar-refractivity contribution in [1.29, 1.82) is 0 Å². The quantitative estimate of drug-likeness (QED) is 0.816. The first-order chi connectivity index (χ1) is 13.2. The molecule has 3 fully saturated rings. The average molecular weight is 366 g/mol. The number of piperidine rings is 1. The zero-order valence-corrected chi connectivity index (χ0v) is 16.4. The number of aromatic nitrogens is 3. The molecule has 1 aromatic carbocycles. The summed E-state index contributed by atoms with van der Waals surface area (Å²) in [6.07, 6.45) is 7.36. The number of aryl methyl sites for hydroxylation is 1. The highest BCUT2D eigenvalue weighted by Gasteiger charge is 2.50. The second kappa shape index (κ2) is 7.02. The van der Waals surface area contributed by atoms with E-state index in [1.165, 1.54) is 63.3 Å². The number of benzene rings is 1. The fraction of sp³-hybridized carbons (Fsp3) is 0.636. The van der Waals surface area contributed by atoms with Crippen LogP contribution in [0.15, 0.2) is 36.7 Å². The zero-order chi connectivity index (χ0) is 18.3. The molecule has 1 spiro atoms. The lowest BCUT2D eigenvalue weighted by Crippen LogP contribution is -2.44. The molecule has 3 heterocycles. The Kier molecular flexibility index (Phi) is 4.52. The smallest absolute Gasteiger partial charge is 0.137 e. The molecule has 5 nitrogen and oxygen atoms in total. The van der Waals surface area contributed by atoms with E-state index in [0.717, 1.165) is 19.0 Å². The molecular formula is C22H31N5. The summed E-state index contributed by atoms with van der Waals surface area (Å²) in [6.45, 7) is 7.18. The molecule has 5 heteroatoms. The molecule has 2 saturated heterocycles. The fourth-order valence-corrected chi connectivity index (χ4v) is 5.35. The molecular weight excluding hydrogens is 334 g/mol. The van der Waals surface area contributed by atoms with Crippen LogP contribution in [0.4, 0.5) is 0 Å². The minimum Gasteiger partial charge on any atom is -0.320 e. The van der Waals surface area contributed by atoms with Gasteiger partial charge in [-0.1, -0.05) is 30.3 Å². The van der Waals surface area contributed by atoms with Crippen LogP contribution in [0.2, 0.25) is 0 Å². The van der Waals surface area contributed by atoms with Crippen molar-refractivity contribution >= 4 is 0 Å². The van der Waals surface area contributed by atoms with E-state index in [2.05, 4.69) is 61.9 Å². The molecule has 2 aliphatic heterocycles. The molecule has 2 aromatic rings. The first kappa shape index (κ1) is 17.4. The summed E-state index contributed by atoms with van der Waals surface area (Å²) in [6, 6.07) is 10.9. The number of hydrogen-bond donors (Lipinski definition) is 0. The van der Waals surface area contributed by atoms with Gasteiger partial charge in [-0.2, -0.15) is 0 Å². The predicted octanol–water partition coefficient (Wildman–Crippen LogP) is 2.91. The summed E-state index contributed by atoms with van der Waals surface area (Å²) < 4.78 is 2.15. The summed E-state index contributed by atoms with van der Waals surface area (Å²) in [5.41, 5.74) is 1.77. The summed E-state index contributed by atoms with van der Waals surface area (Å²) in [5.74, 6) is 2.67. The number of rotatable bonds is 5. The maximum absolute atomic E-state index is 4.54. The van der Waals surface area contributed by atoms with Crippen molar-refractivity contribution in [2.45, 2.75) is 38.1 Å². The van der Waals surface area contributed by atoms with Crippen LogP contribution in [0.5, 0.6) is 0 Å². The monoisotopic (exact) mass is 365 g/mol. The maximum Gasteiger partial charge on any atom is 0.137 e. The van der Waals surface area contributed by atoms with Gasteiger partial charge in [0.2, 0.25) is 0 Å². The van der Waals surface area contributed by atoms with Gasteiger partial charge in [-0.15, -0.1) is 10.2 Å². The lowest BCUT2D eigenvalue weighted by molar-refractivity contribution is 0.0903. The van der Waals surface area contributed by atoms with Gasteiger partial charge in [0, 0.05) is 39.1 Å². The van der Waals surface area contributed by atoms with Crippen molar-refractivity contribution in [3.8, 4) is 0 Å². The normalized spacial score (nSPS) is 26.0. The fourth-order valence-electron chi connectivity index (χ4n) is 5.35. The van der Waals surface area contributed by atoms with Gasteiger partial charge in [0.05, 0.1) is 0 Å². The van der Waals surface area contributed by atoms with Gasteiger partial charge in [-0.3, -0.25) is 4.90 Å². The molecule has 5 rings (SSSR count). The van der Waals surface area contributed by atoms with Gasteiger partial charge in [0.15, 0.2) is 0 Å². The van der Waals surface area contributed by atoms with E-state index in [-0.39, 0.29) is 0 Å². The molecule has 1 saturated carbocycles. The highest BCUT2D eigenvalue weighted by molar-refractivity contribution is 5.18. The Morgan fingerprint density at radius 1 is 1.07 bits per heavy atom. The third kappa shape index (κ3) is 3.55. The van der Waals surface area contributed by atoms with Crippen LogP contribution in [0.1, 0.15) is 43.0 Å². The summed E-state index contributed by atoms with van der Waals surface area (Å²) in [4.78, 5) is 5.38. The van der Waals surface area contributed by atoms with Gasteiger partial charge in [0.25, 0.3) is 0 Å². The van der Waals surface area contributed by atoms with Crippen LogP contribution in [0, 0.1) is 11.3 Å². The lowest BCUT2D eigenvalue weighted by atomic mass is 9.70. The molecule has 0 amide bonds. The third-order valence-corrected chi connectivity index (χ3v) is 7.09. The van der Waals surface area contributed by atoms with E-state index >= 15 is 0 Å². The minimum absolute atomic E-state index is 0.357. The second-order valence-corrected chi connectivity index (χ2v) is 9.11. The summed E-state index contributed by atoms with van der Waals surface area (Å²) in [7, 11) is 2.10. The summed E-state index contributed by atoms with van der Waals surface area (Å²) in [5, 5.41) is 8.74. The Bertz CT molecular complexity index is 758. The van der Waals surface area contributed by atoms with E-state index in [4.69, 9.17) is 0 Å². The summed E-state index contributed by atoms with van der Waals surface area (Å²) >= 11 is 0. The van der Waals surface area contributed by atoms with Crippen molar-refractivity contribution < 1.29 is 0 Å². The molecule has 1 unspecified atom stereocenters. The minimum atomic E-state index is 0.357. The first-order valence-electron chi connectivity index (χ1n) is 10.5. The average Bonchev–Trinajstić information content (AvgIpc) is 3.30. The molecule has 144 valence electrons. The maximum atomic E-state index is 4.54. The van der Waals surface area contributed by atoms with Crippen molar-refractivity contribution in [3.63, 3.8) is 0 Å². The molecule has 1 aliphatic carbocycles. The highest BCUT2D eigenvalue weighted by Crippen LogP contribution is 2.49. The molecule has 1 aromatic heterocycles.